The molecule has 0 N–H and O–H groups in total. The number of hydrogen-bond donors (Lipinski definition) is 0. The van der Waals surface area contributed by atoms with Crippen LogP contribution in [0.1, 0.15) is 21.5 Å². The molecule has 0 aliphatic carbocycles. The molecule has 0 heterocycles. The topological polar surface area (TPSA) is 17.1 Å². The van der Waals surface area contributed by atoms with E-state index in [2.05, 4.69) is 15.9 Å². The van der Waals surface area contributed by atoms with Crippen LogP contribution in [0, 0.1) is 18.6 Å². The van der Waals surface area contributed by atoms with E-state index < -0.39 is 17.4 Å². The lowest BCUT2D eigenvalue weighted by Crippen LogP contribution is -2.06. The lowest BCUT2D eigenvalue weighted by atomic mass is 9.99. The molecular formula is C14H9BrF2O. The van der Waals surface area contributed by atoms with Gasteiger partial charge in [-0.25, -0.2) is 8.78 Å². The largest absolute Gasteiger partial charge is 0.288 e. The number of aryl methyl sites for hydroxylation is 1. The smallest absolute Gasteiger partial charge is 0.196 e. The van der Waals surface area contributed by atoms with E-state index in [1.165, 1.54) is 0 Å². The predicted octanol–water partition coefficient (Wildman–Crippen LogP) is 4.27. The Labute approximate surface area is 112 Å². The van der Waals surface area contributed by atoms with Crippen LogP contribution in [0.5, 0.6) is 0 Å². The molecule has 0 unspecified atom stereocenters. The monoisotopic (exact) mass is 310 g/mol. The summed E-state index contributed by atoms with van der Waals surface area (Å²) in [5.74, 6) is -1.87. The molecule has 0 aliphatic rings. The Morgan fingerprint density at radius 3 is 2.44 bits per heavy atom. The normalized spacial score (nSPS) is 10.4. The minimum atomic E-state index is -0.719. The number of rotatable bonds is 2. The van der Waals surface area contributed by atoms with E-state index in [9.17, 15) is 13.6 Å². The standard InChI is InChI=1S/C14H9BrF2O/c1-8-6-9(15)2-4-11(8)14(18)12-7-10(16)3-5-13(12)17/h2-7H,1H3. The Kier molecular flexibility index (Phi) is 3.57. The van der Waals surface area contributed by atoms with Crippen LogP contribution in [-0.4, -0.2) is 5.78 Å². The quantitative estimate of drug-likeness (QED) is 0.757. The third-order valence-electron chi connectivity index (χ3n) is 2.61. The summed E-state index contributed by atoms with van der Waals surface area (Å²) in [6.45, 7) is 1.75. The van der Waals surface area contributed by atoms with E-state index in [4.69, 9.17) is 0 Å². The second-order valence-electron chi connectivity index (χ2n) is 3.91. The molecule has 92 valence electrons. The molecule has 0 aromatic heterocycles. The van der Waals surface area contributed by atoms with Crippen molar-refractivity contribution in [2.45, 2.75) is 6.92 Å². The second-order valence-corrected chi connectivity index (χ2v) is 4.83. The van der Waals surface area contributed by atoms with Crippen molar-refractivity contribution in [1.29, 1.82) is 0 Å². The number of carbonyl (C=O) groups excluding carboxylic acids is 1. The molecule has 0 saturated carbocycles. The van der Waals surface area contributed by atoms with E-state index in [-0.39, 0.29) is 5.56 Å². The first-order valence-electron chi connectivity index (χ1n) is 5.25. The lowest BCUT2D eigenvalue weighted by Gasteiger charge is -2.06. The maximum atomic E-state index is 13.5. The van der Waals surface area contributed by atoms with Crippen molar-refractivity contribution < 1.29 is 13.6 Å². The van der Waals surface area contributed by atoms with Crippen molar-refractivity contribution in [2.24, 2.45) is 0 Å². The molecule has 0 aliphatic heterocycles. The summed E-state index contributed by atoms with van der Waals surface area (Å²) in [5, 5.41) is 0. The molecule has 2 rings (SSSR count). The van der Waals surface area contributed by atoms with Crippen molar-refractivity contribution >= 4 is 21.7 Å². The van der Waals surface area contributed by atoms with Gasteiger partial charge in [0.25, 0.3) is 0 Å². The minimum absolute atomic E-state index is 0.250. The molecule has 2 aromatic rings. The van der Waals surface area contributed by atoms with Crippen LogP contribution in [0.15, 0.2) is 40.9 Å². The fraction of sp³-hybridized carbons (Fsp3) is 0.0714. The lowest BCUT2D eigenvalue weighted by molar-refractivity contribution is 0.103. The first kappa shape index (κ1) is 12.9. The highest BCUT2D eigenvalue weighted by Crippen LogP contribution is 2.20. The molecule has 2 aromatic carbocycles. The van der Waals surface area contributed by atoms with Crippen LogP contribution in [0.2, 0.25) is 0 Å². The Morgan fingerprint density at radius 2 is 1.78 bits per heavy atom. The van der Waals surface area contributed by atoms with Gasteiger partial charge in [-0.3, -0.25) is 4.79 Å². The van der Waals surface area contributed by atoms with Gasteiger partial charge < -0.3 is 0 Å². The van der Waals surface area contributed by atoms with E-state index in [0.717, 1.165) is 22.7 Å². The van der Waals surface area contributed by atoms with Gasteiger partial charge in [-0.15, -0.1) is 0 Å². The van der Waals surface area contributed by atoms with Gasteiger partial charge >= 0.3 is 0 Å². The van der Waals surface area contributed by atoms with Crippen LogP contribution in [0.25, 0.3) is 0 Å². The molecule has 4 heteroatoms. The summed E-state index contributed by atoms with van der Waals surface area (Å²) in [6.07, 6.45) is 0. The highest BCUT2D eigenvalue weighted by Gasteiger charge is 2.16. The zero-order valence-corrected chi connectivity index (χ0v) is 11.1. The fourth-order valence-corrected chi connectivity index (χ4v) is 2.17. The maximum Gasteiger partial charge on any atom is 0.196 e. The van der Waals surface area contributed by atoms with Crippen LogP contribution >= 0.6 is 15.9 Å². The highest BCUT2D eigenvalue weighted by molar-refractivity contribution is 9.10. The third kappa shape index (κ3) is 2.48. The summed E-state index contributed by atoms with van der Waals surface area (Å²) in [6, 6.07) is 7.89. The zero-order chi connectivity index (χ0) is 13.3. The van der Waals surface area contributed by atoms with Crippen LogP contribution < -0.4 is 0 Å². The number of halogens is 3. The van der Waals surface area contributed by atoms with Crippen LogP contribution in [0.3, 0.4) is 0 Å². The van der Waals surface area contributed by atoms with Gasteiger partial charge in [0, 0.05) is 10.0 Å². The molecule has 0 atom stereocenters. The summed E-state index contributed by atoms with van der Waals surface area (Å²) >= 11 is 3.28. The van der Waals surface area contributed by atoms with Crippen molar-refractivity contribution in [2.75, 3.05) is 0 Å². The van der Waals surface area contributed by atoms with Crippen molar-refractivity contribution in [3.63, 3.8) is 0 Å². The predicted molar refractivity (Wildman–Crippen MR) is 68.7 cm³/mol. The fourth-order valence-electron chi connectivity index (χ4n) is 1.70. The number of ketones is 1. The van der Waals surface area contributed by atoms with E-state index in [1.54, 1.807) is 25.1 Å². The van der Waals surface area contributed by atoms with E-state index in [0.29, 0.717) is 11.1 Å². The van der Waals surface area contributed by atoms with Crippen molar-refractivity contribution in [3.8, 4) is 0 Å². The van der Waals surface area contributed by atoms with Gasteiger partial charge in [-0.2, -0.15) is 0 Å². The third-order valence-corrected chi connectivity index (χ3v) is 3.10. The Morgan fingerprint density at radius 1 is 1.06 bits per heavy atom. The van der Waals surface area contributed by atoms with E-state index in [1.807, 2.05) is 0 Å². The second kappa shape index (κ2) is 4.98. The van der Waals surface area contributed by atoms with Crippen LogP contribution in [0.4, 0.5) is 8.78 Å². The Hall–Kier alpha value is -1.55. The van der Waals surface area contributed by atoms with Gasteiger partial charge in [0.15, 0.2) is 5.78 Å². The molecule has 0 radical (unpaired) electrons. The molecule has 1 nitrogen and oxygen atoms in total. The van der Waals surface area contributed by atoms with Gasteiger partial charge in [-0.1, -0.05) is 15.9 Å². The number of hydrogen-bond acceptors (Lipinski definition) is 1. The SMILES string of the molecule is Cc1cc(Br)ccc1C(=O)c1cc(F)ccc1F. The molecule has 0 bridgehead atoms. The molecule has 18 heavy (non-hydrogen) atoms. The highest BCUT2D eigenvalue weighted by atomic mass is 79.9. The first-order chi connectivity index (χ1) is 8.49. The van der Waals surface area contributed by atoms with Crippen molar-refractivity contribution in [1.82, 2.24) is 0 Å². The number of carbonyl (C=O) groups is 1. The summed E-state index contributed by atoms with van der Waals surface area (Å²) in [4.78, 5) is 12.1. The summed E-state index contributed by atoms with van der Waals surface area (Å²) < 4.78 is 27.4. The molecule has 0 saturated heterocycles. The first-order valence-corrected chi connectivity index (χ1v) is 6.04. The molecule has 0 fully saturated rings. The molecule has 0 spiro atoms. The molecular weight excluding hydrogens is 302 g/mol. The number of benzene rings is 2. The summed E-state index contributed by atoms with van der Waals surface area (Å²) in [7, 11) is 0. The van der Waals surface area contributed by atoms with Gasteiger partial charge in [0.2, 0.25) is 0 Å². The maximum absolute atomic E-state index is 13.5. The minimum Gasteiger partial charge on any atom is -0.288 e. The summed E-state index contributed by atoms with van der Waals surface area (Å²) in [5.41, 5.74) is 0.821. The van der Waals surface area contributed by atoms with E-state index >= 15 is 0 Å². The average molecular weight is 311 g/mol. The molecule has 0 amide bonds. The van der Waals surface area contributed by atoms with Gasteiger partial charge in [0.1, 0.15) is 11.6 Å². The van der Waals surface area contributed by atoms with Crippen LogP contribution in [-0.2, 0) is 0 Å². The Bertz CT molecular complexity index is 623. The van der Waals surface area contributed by atoms with Gasteiger partial charge in [-0.05, 0) is 48.9 Å². The average Bonchev–Trinajstić information content (AvgIpc) is 2.31. The van der Waals surface area contributed by atoms with Crippen molar-refractivity contribution in [3.05, 3.63) is 69.2 Å². The zero-order valence-electron chi connectivity index (χ0n) is 9.51. The van der Waals surface area contributed by atoms with Gasteiger partial charge in [0.05, 0.1) is 5.56 Å². The Balaban J connectivity index is 2.51.